The molecular formula is C47H49FN8O6. The van der Waals surface area contributed by atoms with E-state index in [-0.39, 0.29) is 30.8 Å². The Labute approximate surface area is 358 Å². The van der Waals surface area contributed by atoms with E-state index in [0.29, 0.717) is 23.8 Å². The van der Waals surface area contributed by atoms with Gasteiger partial charge in [0.15, 0.2) is 0 Å². The number of halogens is 1. The Hall–Kier alpha value is -7.03. The summed E-state index contributed by atoms with van der Waals surface area (Å²) in [6.07, 6.45) is 2.51. The molecule has 2 fully saturated rings. The average molecular weight is 841 g/mol. The number of nitrogens with one attached hydrogen (secondary N) is 4. The number of fused-ring (bicyclic) bond motifs is 1. The lowest BCUT2D eigenvalue weighted by Crippen LogP contribution is -2.51. The number of imidazole rings is 2. The lowest BCUT2D eigenvalue weighted by molar-refractivity contribution is -0.136. The van der Waals surface area contributed by atoms with Gasteiger partial charge >= 0.3 is 12.2 Å². The minimum atomic E-state index is -1.26. The summed E-state index contributed by atoms with van der Waals surface area (Å²) in [5.41, 5.74) is 6.04. The minimum absolute atomic E-state index is 0.0724. The molecule has 0 aliphatic carbocycles. The van der Waals surface area contributed by atoms with Gasteiger partial charge in [-0.3, -0.25) is 9.59 Å². The molecule has 4 heterocycles. The Kier molecular flexibility index (Phi) is 12.0. The predicted octanol–water partition coefficient (Wildman–Crippen LogP) is 8.04. The number of likely N-dealkylation sites (tertiary alicyclic amines) is 2. The number of alkyl carbamates (subject to hydrolysis) is 2. The monoisotopic (exact) mass is 840 g/mol. The molecule has 62 heavy (non-hydrogen) atoms. The second kappa shape index (κ2) is 17.9. The van der Waals surface area contributed by atoms with Crippen molar-refractivity contribution in [1.29, 1.82) is 0 Å². The molecule has 320 valence electrons. The summed E-state index contributed by atoms with van der Waals surface area (Å²) in [6, 6.07) is 26.8. The highest BCUT2D eigenvalue weighted by Gasteiger charge is 2.42. The van der Waals surface area contributed by atoms with Gasteiger partial charge < -0.3 is 39.9 Å². The van der Waals surface area contributed by atoms with E-state index in [0.717, 1.165) is 57.3 Å². The third-order valence-corrected chi connectivity index (χ3v) is 11.8. The van der Waals surface area contributed by atoms with E-state index in [2.05, 4.69) is 62.0 Å². The zero-order valence-electron chi connectivity index (χ0n) is 34.9. The standard InChI is InChI=1S/C47H49FN8O6/c1-27(2)40(53-46(59)61-3)44(57)55-20-8-11-38(55)42-49-25-37(52-42)34-19-18-32-21-31(16-17-33(32)22-34)28-12-14-29(15-13-28)36-24-50-43(51-36)39-23-35(48)26-56(39)45(58)41(54-47(60)62-4)30-9-6-5-7-10-30/h5-7,9-10,12-19,21-22,24-25,27,35,38-41H,8,11,20,23,26H2,1-4H3,(H,49,52)(H,50,51)(H,53,59)(H,54,60)/t35-,38-,39-,40-,41+/m0/s1. The van der Waals surface area contributed by atoms with Gasteiger partial charge in [0.05, 0.1) is 56.6 Å². The third kappa shape index (κ3) is 8.60. The average Bonchev–Trinajstić information content (AvgIpc) is 4.14. The summed E-state index contributed by atoms with van der Waals surface area (Å²) >= 11 is 0. The maximum absolute atomic E-state index is 15.0. The first-order valence-corrected chi connectivity index (χ1v) is 20.7. The summed E-state index contributed by atoms with van der Waals surface area (Å²) < 4.78 is 24.5. The molecular weight excluding hydrogens is 792 g/mol. The molecule has 8 rings (SSSR count). The van der Waals surface area contributed by atoms with E-state index in [1.807, 2.05) is 44.2 Å². The molecule has 2 aromatic heterocycles. The Morgan fingerprint density at radius 1 is 0.710 bits per heavy atom. The van der Waals surface area contributed by atoms with Crippen LogP contribution in [-0.2, 0) is 19.1 Å². The molecule has 15 heteroatoms. The molecule has 4 N–H and O–H groups in total. The molecule has 5 atom stereocenters. The highest BCUT2D eigenvalue weighted by atomic mass is 19.1. The van der Waals surface area contributed by atoms with Crippen LogP contribution in [0.25, 0.3) is 44.4 Å². The quantitative estimate of drug-likeness (QED) is 0.101. The molecule has 0 spiro atoms. The van der Waals surface area contributed by atoms with Crippen LogP contribution in [0.3, 0.4) is 0 Å². The number of hydrogen-bond acceptors (Lipinski definition) is 8. The molecule has 0 saturated carbocycles. The maximum Gasteiger partial charge on any atom is 0.407 e. The molecule has 14 nitrogen and oxygen atoms in total. The summed E-state index contributed by atoms with van der Waals surface area (Å²) in [5.74, 6) is 0.449. The number of H-pyrrole nitrogens is 2. The third-order valence-electron chi connectivity index (χ3n) is 11.8. The lowest BCUT2D eigenvalue weighted by Gasteiger charge is -2.30. The van der Waals surface area contributed by atoms with Gasteiger partial charge in [-0.25, -0.2) is 23.9 Å². The summed E-state index contributed by atoms with van der Waals surface area (Å²) in [7, 11) is 2.51. The topological polar surface area (TPSA) is 175 Å². The van der Waals surface area contributed by atoms with Gasteiger partial charge in [-0.15, -0.1) is 0 Å². The first-order chi connectivity index (χ1) is 30.0. The molecule has 6 aromatic rings. The highest BCUT2D eigenvalue weighted by molar-refractivity contribution is 5.91. The second-order valence-corrected chi connectivity index (χ2v) is 16.1. The summed E-state index contributed by atoms with van der Waals surface area (Å²) in [4.78, 5) is 71.0. The van der Waals surface area contributed by atoms with E-state index >= 15 is 0 Å². The van der Waals surface area contributed by atoms with Gasteiger partial charge in [-0.1, -0.05) is 92.7 Å². The van der Waals surface area contributed by atoms with Gasteiger partial charge in [0.25, 0.3) is 5.91 Å². The summed E-state index contributed by atoms with van der Waals surface area (Å²) in [6.45, 7) is 4.24. The van der Waals surface area contributed by atoms with Crippen LogP contribution in [-0.4, -0.2) is 93.3 Å². The van der Waals surface area contributed by atoms with Crippen LogP contribution in [0.4, 0.5) is 14.0 Å². The number of aromatic amines is 2. The van der Waals surface area contributed by atoms with Crippen molar-refractivity contribution >= 4 is 34.8 Å². The number of aromatic nitrogens is 4. The predicted molar refractivity (Wildman–Crippen MR) is 231 cm³/mol. The van der Waals surface area contributed by atoms with Crippen molar-refractivity contribution < 1.29 is 33.0 Å². The fourth-order valence-electron chi connectivity index (χ4n) is 8.50. The Morgan fingerprint density at radius 3 is 1.95 bits per heavy atom. The Bertz CT molecular complexity index is 2580. The van der Waals surface area contributed by atoms with Gasteiger partial charge in [-0.2, -0.15) is 0 Å². The number of ether oxygens (including phenoxy) is 2. The van der Waals surface area contributed by atoms with E-state index in [4.69, 9.17) is 14.5 Å². The van der Waals surface area contributed by atoms with Crippen molar-refractivity contribution in [2.75, 3.05) is 27.3 Å². The molecule has 2 aliphatic heterocycles. The molecule has 0 unspecified atom stereocenters. The largest absolute Gasteiger partial charge is 0.453 e. The molecule has 0 bridgehead atoms. The van der Waals surface area contributed by atoms with Crippen LogP contribution in [0, 0.1) is 5.92 Å². The van der Waals surface area contributed by atoms with Crippen LogP contribution in [0.15, 0.2) is 103 Å². The van der Waals surface area contributed by atoms with E-state index in [1.165, 1.54) is 19.1 Å². The number of benzene rings is 4. The van der Waals surface area contributed by atoms with Crippen LogP contribution in [0.2, 0.25) is 0 Å². The van der Waals surface area contributed by atoms with Gasteiger partial charge in [0, 0.05) is 18.5 Å². The number of nitrogens with zero attached hydrogens (tertiary/aromatic N) is 4. The second-order valence-electron chi connectivity index (χ2n) is 16.1. The normalized spacial score (nSPS) is 18.5. The first kappa shape index (κ1) is 41.7. The van der Waals surface area contributed by atoms with Crippen molar-refractivity contribution in [2.24, 2.45) is 5.92 Å². The number of methoxy groups -OCH3 is 2. The fourth-order valence-corrected chi connectivity index (χ4v) is 8.50. The number of carbonyl (C=O) groups is 4. The Balaban J connectivity index is 0.950. The van der Waals surface area contributed by atoms with Crippen molar-refractivity contribution in [2.45, 2.75) is 63.4 Å². The van der Waals surface area contributed by atoms with E-state index in [9.17, 15) is 23.6 Å². The first-order valence-electron chi connectivity index (χ1n) is 20.7. The molecule has 2 aliphatic rings. The number of carbonyl (C=O) groups excluding carboxylic acids is 4. The van der Waals surface area contributed by atoms with Gasteiger partial charge in [0.2, 0.25) is 5.91 Å². The molecule has 2 saturated heterocycles. The fraction of sp³-hybridized carbons (Fsp3) is 0.319. The molecule has 4 aromatic carbocycles. The lowest BCUT2D eigenvalue weighted by atomic mass is 9.98. The highest BCUT2D eigenvalue weighted by Crippen LogP contribution is 2.37. The smallest absolute Gasteiger partial charge is 0.407 e. The maximum atomic E-state index is 15.0. The number of hydrogen-bond donors (Lipinski definition) is 4. The minimum Gasteiger partial charge on any atom is -0.453 e. The number of amides is 4. The zero-order valence-corrected chi connectivity index (χ0v) is 34.9. The zero-order chi connectivity index (χ0) is 43.5. The Morgan fingerprint density at radius 2 is 1.29 bits per heavy atom. The van der Waals surface area contributed by atoms with Crippen LogP contribution < -0.4 is 10.6 Å². The van der Waals surface area contributed by atoms with Crippen molar-refractivity contribution in [3.05, 3.63) is 121 Å². The van der Waals surface area contributed by atoms with Gasteiger partial charge in [0.1, 0.15) is 29.9 Å². The van der Waals surface area contributed by atoms with Crippen LogP contribution in [0.5, 0.6) is 0 Å². The van der Waals surface area contributed by atoms with Crippen molar-refractivity contribution in [3.63, 3.8) is 0 Å². The van der Waals surface area contributed by atoms with Crippen molar-refractivity contribution in [1.82, 2.24) is 40.4 Å². The molecule has 4 amide bonds. The van der Waals surface area contributed by atoms with E-state index in [1.54, 1.807) is 41.6 Å². The van der Waals surface area contributed by atoms with Crippen LogP contribution >= 0.6 is 0 Å². The van der Waals surface area contributed by atoms with Crippen molar-refractivity contribution in [3.8, 4) is 33.6 Å². The number of rotatable bonds is 11. The van der Waals surface area contributed by atoms with Crippen LogP contribution in [0.1, 0.15) is 68.4 Å². The van der Waals surface area contributed by atoms with E-state index < -0.39 is 42.4 Å². The number of alkyl halides is 1. The molecule has 0 radical (unpaired) electrons. The summed E-state index contributed by atoms with van der Waals surface area (Å²) in [5, 5.41) is 7.43. The SMILES string of the molecule is COC(=O)N[C@H](C(=O)N1CCC[C@H]1c1ncc(-c2ccc3cc(-c4ccc(-c5cnc([C@@H]6C[C@H](F)CN6C(=O)[C@H](NC(=O)OC)c6ccccc6)[nH]5)cc4)ccc3c2)[nH]1)C(C)C. The van der Waals surface area contributed by atoms with Gasteiger partial charge in [-0.05, 0) is 63.9 Å².